The third kappa shape index (κ3) is 4.45. The number of ether oxygens (including phenoxy) is 2. The molecule has 0 saturated carbocycles. The molecule has 3 heterocycles. The Balaban J connectivity index is 1.51. The average molecular weight is 491 g/mol. The fraction of sp³-hybridized carbons (Fsp3) is 0.208. The average Bonchev–Trinajstić information content (AvgIpc) is 3.57. The van der Waals surface area contributed by atoms with Crippen LogP contribution in [0.4, 0.5) is 4.79 Å². The lowest BCUT2D eigenvalue weighted by Gasteiger charge is -2.12. The number of hydrogen-bond donors (Lipinski definition) is 2. The lowest BCUT2D eigenvalue weighted by molar-refractivity contribution is 0.146. The van der Waals surface area contributed by atoms with E-state index >= 15 is 0 Å². The SMILES string of the molecule is CCCOc1nc2c(C)sc(OC(=O)O)c2n1Cc1ccc(-c2ccccc2-c2nn[nH]n2)cc1. The Hall–Kier alpha value is -4.25. The van der Waals surface area contributed by atoms with Gasteiger partial charge in [-0.15, -0.1) is 10.2 Å². The molecule has 2 N–H and O–H groups in total. The van der Waals surface area contributed by atoms with Crippen molar-refractivity contribution in [3.8, 4) is 33.6 Å². The predicted octanol–water partition coefficient (Wildman–Crippen LogP) is 5.15. The highest BCUT2D eigenvalue weighted by atomic mass is 32.1. The maximum Gasteiger partial charge on any atom is 0.512 e. The molecule has 178 valence electrons. The van der Waals surface area contributed by atoms with Gasteiger partial charge in [0.05, 0.1) is 13.2 Å². The number of nitrogens with zero attached hydrogens (tertiary/aromatic N) is 5. The summed E-state index contributed by atoms with van der Waals surface area (Å²) in [6.07, 6.45) is -0.535. The summed E-state index contributed by atoms with van der Waals surface area (Å²) in [6, 6.07) is 16.4. The maximum atomic E-state index is 11.3. The molecule has 0 aliphatic heterocycles. The molecule has 3 aromatic heterocycles. The summed E-state index contributed by atoms with van der Waals surface area (Å²) in [5.74, 6) is 0.530. The molecule has 0 amide bonds. The minimum atomic E-state index is -1.36. The van der Waals surface area contributed by atoms with Gasteiger partial charge in [0.25, 0.3) is 6.01 Å². The molecule has 5 rings (SSSR count). The van der Waals surface area contributed by atoms with E-state index in [2.05, 4.69) is 25.6 Å². The molecule has 0 fully saturated rings. The summed E-state index contributed by atoms with van der Waals surface area (Å²) in [5.41, 5.74) is 5.17. The summed E-state index contributed by atoms with van der Waals surface area (Å²) < 4.78 is 12.8. The fourth-order valence-electron chi connectivity index (χ4n) is 3.90. The van der Waals surface area contributed by atoms with E-state index in [-0.39, 0.29) is 5.06 Å². The van der Waals surface area contributed by atoms with Crippen LogP contribution in [0.15, 0.2) is 48.5 Å². The van der Waals surface area contributed by atoms with Crippen molar-refractivity contribution in [3.05, 3.63) is 59.0 Å². The van der Waals surface area contributed by atoms with Gasteiger partial charge in [0.1, 0.15) is 11.0 Å². The lowest BCUT2D eigenvalue weighted by Crippen LogP contribution is -2.08. The monoisotopic (exact) mass is 490 g/mol. The molecule has 0 spiro atoms. The van der Waals surface area contributed by atoms with Crippen LogP contribution < -0.4 is 9.47 Å². The second-order valence-corrected chi connectivity index (χ2v) is 9.01. The summed E-state index contributed by atoms with van der Waals surface area (Å²) in [6.45, 7) is 4.85. The molecular weight excluding hydrogens is 468 g/mol. The van der Waals surface area contributed by atoms with Crippen molar-refractivity contribution in [1.29, 1.82) is 0 Å². The first-order valence-electron chi connectivity index (χ1n) is 11.0. The molecular formula is C24H22N6O4S. The molecule has 0 radical (unpaired) electrons. The highest BCUT2D eigenvalue weighted by Gasteiger charge is 2.23. The number of rotatable bonds is 8. The van der Waals surface area contributed by atoms with E-state index in [0.717, 1.165) is 33.6 Å². The third-order valence-corrected chi connectivity index (χ3v) is 6.40. The van der Waals surface area contributed by atoms with Gasteiger partial charge < -0.3 is 14.6 Å². The topological polar surface area (TPSA) is 128 Å². The van der Waals surface area contributed by atoms with Gasteiger partial charge in [0.2, 0.25) is 10.9 Å². The van der Waals surface area contributed by atoms with Crippen LogP contribution in [0.1, 0.15) is 23.8 Å². The van der Waals surface area contributed by atoms with Crippen LogP contribution >= 0.6 is 11.3 Å². The number of H-pyrrole nitrogens is 1. The standard InChI is InChI=1S/C24H22N6O4S/c1-3-12-33-23-25-19-14(2)35-22(34-24(31)32)20(19)30(23)13-15-8-10-16(11-9-15)17-6-4-5-7-18(17)21-26-28-29-27-21/h4-11H,3,12-13H2,1-2H3,(H,31,32)(H,26,27,28,29). The molecule has 5 aromatic rings. The van der Waals surface area contributed by atoms with Crippen LogP contribution in [0.3, 0.4) is 0 Å². The van der Waals surface area contributed by atoms with Crippen molar-refractivity contribution in [3.63, 3.8) is 0 Å². The Kier molecular flexibility index (Phi) is 6.15. The molecule has 0 aliphatic rings. The van der Waals surface area contributed by atoms with Crippen molar-refractivity contribution < 1.29 is 19.4 Å². The van der Waals surface area contributed by atoms with E-state index in [9.17, 15) is 9.90 Å². The number of hydrogen-bond acceptors (Lipinski definition) is 8. The Morgan fingerprint density at radius 3 is 2.60 bits per heavy atom. The van der Waals surface area contributed by atoms with Crippen LogP contribution in [0.5, 0.6) is 11.1 Å². The highest BCUT2D eigenvalue weighted by molar-refractivity contribution is 7.15. The molecule has 2 aromatic carbocycles. The Morgan fingerprint density at radius 1 is 1.14 bits per heavy atom. The third-order valence-electron chi connectivity index (χ3n) is 5.44. The van der Waals surface area contributed by atoms with E-state index < -0.39 is 6.16 Å². The van der Waals surface area contributed by atoms with Gasteiger partial charge in [0, 0.05) is 10.4 Å². The molecule has 10 nitrogen and oxygen atoms in total. The summed E-state index contributed by atoms with van der Waals surface area (Å²) >= 11 is 1.26. The van der Waals surface area contributed by atoms with Gasteiger partial charge in [-0.2, -0.15) is 10.2 Å². The van der Waals surface area contributed by atoms with Gasteiger partial charge in [-0.05, 0) is 35.2 Å². The van der Waals surface area contributed by atoms with Crippen molar-refractivity contribution in [2.45, 2.75) is 26.8 Å². The van der Waals surface area contributed by atoms with Gasteiger partial charge in [-0.1, -0.05) is 66.8 Å². The first kappa shape index (κ1) is 22.5. The number of aromatic nitrogens is 6. The van der Waals surface area contributed by atoms with Gasteiger partial charge in [-0.3, -0.25) is 4.57 Å². The van der Waals surface area contributed by atoms with Crippen molar-refractivity contribution in [2.24, 2.45) is 0 Å². The van der Waals surface area contributed by atoms with Crippen LogP contribution in [0.25, 0.3) is 33.5 Å². The first-order valence-corrected chi connectivity index (χ1v) is 11.8. The minimum absolute atomic E-state index is 0.287. The van der Waals surface area contributed by atoms with Gasteiger partial charge >= 0.3 is 6.16 Å². The summed E-state index contributed by atoms with van der Waals surface area (Å²) in [5, 5.41) is 23.9. The molecule has 0 unspecified atom stereocenters. The van der Waals surface area contributed by atoms with E-state index in [1.807, 2.05) is 66.9 Å². The minimum Gasteiger partial charge on any atom is -0.465 e. The fourth-order valence-corrected chi connectivity index (χ4v) is 4.83. The number of tetrazole rings is 1. The number of carboxylic acid groups (broad SMARTS) is 1. The van der Waals surface area contributed by atoms with Crippen molar-refractivity contribution >= 4 is 28.5 Å². The second kappa shape index (κ2) is 9.55. The summed E-state index contributed by atoms with van der Waals surface area (Å²) in [7, 11) is 0. The molecule has 0 atom stereocenters. The van der Waals surface area contributed by atoms with Gasteiger partial charge in [-0.25, -0.2) is 4.79 Å². The number of nitrogens with one attached hydrogen (secondary N) is 1. The van der Waals surface area contributed by atoms with E-state index in [1.165, 1.54) is 11.3 Å². The van der Waals surface area contributed by atoms with E-state index in [4.69, 9.17) is 9.47 Å². The number of aromatic amines is 1. The van der Waals surface area contributed by atoms with Crippen molar-refractivity contribution in [2.75, 3.05) is 6.61 Å². The lowest BCUT2D eigenvalue weighted by atomic mass is 9.98. The smallest absolute Gasteiger partial charge is 0.465 e. The Labute approximate surface area is 204 Å². The molecule has 0 saturated heterocycles. The summed E-state index contributed by atoms with van der Waals surface area (Å²) in [4.78, 5) is 16.8. The first-order chi connectivity index (χ1) is 17.0. The van der Waals surface area contributed by atoms with Crippen LogP contribution in [0.2, 0.25) is 0 Å². The molecule has 11 heteroatoms. The molecule has 0 bridgehead atoms. The number of aryl methyl sites for hydroxylation is 1. The zero-order chi connectivity index (χ0) is 24.4. The quantitative estimate of drug-likeness (QED) is 0.286. The molecule has 35 heavy (non-hydrogen) atoms. The second-order valence-electron chi connectivity index (χ2n) is 7.82. The van der Waals surface area contributed by atoms with Crippen LogP contribution in [-0.4, -0.2) is 48.0 Å². The largest absolute Gasteiger partial charge is 0.512 e. The number of imidazole rings is 1. The van der Waals surface area contributed by atoms with Crippen LogP contribution in [0, 0.1) is 6.92 Å². The van der Waals surface area contributed by atoms with Crippen LogP contribution in [-0.2, 0) is 6.54 Å². The maximum absolute atomic E-state index is 11.3. The van der Waals surface area contributed by atoms with Gasteiger partial charge in [0.15, 0.2) is 0 Å². The van der Waals surface area contributed by atoms with Crippen molar-refractivity contribution in [1.82, 2.24) is 30.2 Å². The predicted molar refractivity (Wildman–Crippen MR) is 131 cm³/mol. The van der Waals surface area contributed by atoms with E-state index in [1.54, 1.807) is 0 Å². The Morgan fingerprint density at radius 2 is 1.91 bits per heavy atom. The zero-order valence-corrected chi connectivity index (χ0v) is 19.9. The Bertz CT molecular complexity index is 1470. The number of carbonyl (C=O) groups is 1. The highest BCUT2D eigenvalue weighted by Crippen LogP contribution is 2.40. The molecule has 0 aliphatic carbocycles. The number of fused-ring (bicyclic) bond motifs is 1. The zero-order valence-electron chi connectivity index (χ0n) is 19.1. The number of thiophene rings is 1. The van der Waals surface area contributed by atoms with E-state index in [0.29, 0.717) is 36.0 Å². The normalized spacial score (nSPS) is 11.1. The number of benzene rings is 2.